The van der Waals surface area contributed by atoms with Crippen molar-refractivity contribution in [2.24, 2.45) is 4.99 Å². The molecule has 29 heavy (non-hydrogen) atoms. The molecule has 0 aromatic heterocycles. The second kappa shape index (κ2) is 13.1. The smallest absolute Gasteiger partial charge is 0.203 e. The van der Waals surface area contributed by atoms with E-state index in [1.807, 2.05) is 25.1 Å². The summed E-state index contributed by atoms with van der Waals surface area (Å²) in [6, 6.07) is 14.3. The van der Waals surface area contributed by atoms with Crippen LogP contribution in [0.1, 0.15) is 30.9 Å². The zero-order chi connectivity index (χ0) is 20.4. The molecular weight excluding hydrogens is 481 g/mol. The Morgan fingerprint density at radius 2 is 1.66 bits per heavy atom. The maximum Gasteiger partial charge on any atom is 0.203 e. The predicted molar refractivity (Wildman–Crippen MR) is 129 cm³/mol. The molecule has 0 radical (unpaired) electrons. The molecule has 0 saturated heterocycles. The van der Waals surface area contributed by atoms with Crippen molar-refractivity contribution >= 4 is 29.9 Å². The van der Waals surface area contributed by atoms with Crippen molar-refractivity contribution in [2.45, 2.75) is 26.3 Å². The van der Waals surface area contributed by atoms with Crippen molar-refractivity contribution in [2.75, 3.05) is 34.4 Å². The van der Waals surface area contributed by atoms with Crippen molar-refractivity contribution < 1.29 is 14.2 Å². The van der Waals surface area contributed by atoms with Crippen LogP contribution in [0.3, 0.4) is 0 Å². The molecule has 6 nitrogen and oxygen atoms in total. The Morgan fingerprint density at radius 1 is 1.03 bits per heavy atom. The highest BCUT2D eigenvalue weighted by Gasteiger charge is 2.14. The summed E-state index contributed by atoms with van der Waals surface area (Å²) in [5.41, 5.74) is 2.31. The van der Waals surface area contributed by atoms with Crippen molar-refractivity contribution in [3.8, 4) is 17.2 Å². The van der Waals surface area contributed by atoms with E-state index < -0.39 is 0 Å². The van der Waals surface area contributed by atoms with Gasteiger partial charge in [0.1, 0.15) is 0 Å². The Labute approximate surface area is 191 Å². The van der Waals surface area contributed by atoms with Gasteiger partial charge in [-0.15, -0.1) is 24.0 Å². The lowest BCUT2D eigenvalue weighted by atomic mass is 10.0. The topological polar surface area (TPSA) is 64.1 Å². The summed E-state index contributed by atoms with van der Waals surface area (Å²) in [4.78, 5) is 4.31. The average molecular weight is 513 g/mol. The number of nitrogens with one attached hydrogen (secondary N) is 2. The lowest BCUT2D eigenvalue weighted by molar-refractivity contribution is 0.288. The van der Waals surface area contributed by atoms with Gasteiger partial charge in [0.15, 0.2) is 17.5 Å². The van der Waals surface area contributed by atoms with Gasteiger partial charge in [-0.05, 0) is 36.1 Å². The molecule has 2 aromatic rings. The highest BCUT2D eigenvalue weighted by molar-refractivity contribution is 14.0. The molecule has 2 aromatic carbocycles. The SMILES string of the molecule is CCOc1c(OC)cc(CNC(=NC)NCC(C)c2ccccc2)cc1OC.I. The molecular formula is C22H32IN3O3. The van der Waals surface area contributed by atoms with Gasteiger partial charge >= 0.3 is 0 Å². The summed E-state index contributed by atoms with van der Waals surface area (Å²) in [7, 11) is 5.02. The third-order valence-electron chi connectivity index (χ3n) is 4.44. The number of hydrogen-bond acceptors (Lipinski definition) is 4. The predicted octanol–water partition coefficient (Wildman–Crippen LogP) is 4.19. The van der Waals surface area contributed by atoms with E-state index in [9.17, 15) is 0 Å². The van der Waals surface area contributed by atoms with Gasteiger partial charge in [0, 0.05) is 20.1 Å². The van der Waals surface area contributed by atoms with E-state index in [2.05, 4.69) is 46.8 Å². The first-order chi connectivity index (χ1) is 13.6. The van der Waals surface area contributed by atoms with Crippen LogP contribution in [0.25, 0.3) is 0 Å². The molecule has 0 aliphatic heterocycles. The van der Waals surface area contributed by atoms with Crippen LogP contribution in [0, 0.1) is 0 Å². The Morgan fingerprint density at radius 3 is 2.17 bits per heavy atom. The minimum atomic E-state index is 0. The maximum atomic E-state index is 5.65. The second-order valence-electron chi connectivity index (χ2n) is 6.38. The van der Waals surface area contributed by atoms with Crippen LogP contribution in [-0.4, -0.2) is 40.4 Å². The first-order valence-electron chi connectivity index (χ1n) is 9.50. The zero-order valence-electron chi connectivity index (χ0n) is 17.8. The molecule has 0 spiro atoms. The van der Waals surface area contributed by atoms with Crippen LogP contribution in [0.4, 0.5) is 0 Å². The number of rotatable bonds is 9. The molecule has 0 heterocycles. The number of guanidine groups is 1. The van der Waals surface area contributed by atoms with Gasteiger partial charge < -0.3 is 24.8 Å². The van der Waals surface area contributed by atoms with Crippen LogP contribution in [0.2, 0.25) is 0 Å². The summed E-state index contributed by atoms with van der Waals surface area (Å²) < 4.78 is 16.6. The number of methoxy groups -OCH3 is 2. The van der Waals surface area contributed by atoms with E-state index in [1.165, 1.54) is 5.56 Å². The summed E-state index contributed by atoms with van der Waals surface area (Å²) >= 11 is 0. The highest BCUT2D eigenvalue weighted by atomic mass is 127. The first-order valence-corrected chi connectivity index (χ1v) is 9.50. The third-order valence-corrected chi connectivity index (χ3v) is 4.44. The summed E-state index contributed by atoms with van der Waals surface area (Å²) in [6.45, 7) is 6.04. The van der Waals surface area contributed by atoms with Crippen LogP contribution in [-0.2, 0) is 6.54 Å². The molecule has 0 bridgehead atoms. The number of benzene rings is 2. The number of hydrogen-bond donors (Lipinski definition) is 2. The van der Waals surface area contributed by atoms with Gasteiger partial charge in [-0.3, -0.25) is 4.99 Å². The van der Waals surface area contributed by atoms with Gasteiger partial charge in [-0.2, -0.15) is 0 Å². The van der Waals surface area contributed by atoms with E-state index in [1.54, 1.807) is 21.3 Å². The fraction of sp³-hybridized carbons (Fsp3) is 0.409. The number of ether oxygens (including phenoxy) is 3. The first kappa shape index (κ1) is 24.9. The standard InChI is InChI=1S/C22H31N3O3.HI/c1-6-28-21-19(26-4)12-17(13-20(21)27-5)15-25-22(23-3)24-14-16(2)18-10-8-7-9-11-18;/h7-13,16H,6,14-15H2,1-5H3,(H2,23,24,25);1H. The second-order valence-corrected chi connectivity index (χ2v) is 6.38. The van der Waals surface area contributed by atoms with E-state index in [0.717, 1.165) is 18.1 Å². The van der Waals surface area contributed by atoms with Crippen molar-refractivity contribution in [1.82, 2.24) is 10.6 Å². The molecule has 2 N–H and O–H groups in total. The molecule has 0 saturated carbocycles. The van der Waals surface area contributed by atoms with Crippen LogP contribution in [0.5, 0.6) is 17.2 Å². The quantitative estimate of drug-likeness (QED) is 0.299. The van der Waals surface area contributed by atoms with Gasteiger partial charge in [-0.1, -0.05) is 37.3 Å². The largest absolute Gasteiger partial charge is 0.493 e. The molecule has 0 amide bonds. The monoisotopic (exact) mass is 513 g/mol. The molecule has 1 atom stereocenters. The molecule has 7 heteroatoms. The lowest BCUT2D eigenvalue weighted by Crippen LogP contribution is -2.38. The number of halogens is 1. The van der Waals surface area contributed by atoms with Gasteiger partial charge in [0.2, 0.25) is 5.75 Å². The van der Waals surface area contributed by atoms with Gasteiger partial charge in [-0.25, -0.2) is 0 Å². The molecule has 160 valence electrons. The zero-order valence-corrected chi connectivity index (χ0v) is 20.2. The van der Waals surface area contributed by atoms with Crippen molar-refractivity contribution in [3.63, 3.8) is 0 Å². The average Bonchev–Trinajstić information content (AvgIpc) is 2.74. The normalized spacial score (nSPS) is 11.8. The Kier molecular flexibility index (Phi) is 11.3. The minimum absolute atomic E-state index is 0. The van der Waals surface area contributed by atoms with Crippen molar-refractivity contribution in [1.29, 1.82) is 0 Å². The third kappa shape index (κ3) is 7.30. The van der Waals surface area contributed by atoms with Crippen LogP contribution < -0.4 is 24.8 Å². The molecule has 0 aliphatic rings. The maximum absolute atomic E-state index is 5.65. The van der Waals surface area contributed by atoms with E-state index in [0.29, 0.717) is 36.3 Å². The molecule has 0 fully saturated rings. The molecule has 2 rings (SSSR count). The van der Waals surface area contributed by atoms with Gasteiger partial charge in [0.05, 0.1) is 20.8 Å². The van der Waals surface area contributed by atoms with Gasteiger partial charge in [0.25, 0.3) is 0 Å². The number of aliphatic imine (C=N–C) groups is 1. The van der Waals surface area contributed by atoms with E-state index >= 15 is 0 Å². The summed E-state index contributed by atoms with van der Waals surface area (Å²) in [6.07, 6.45) is 0. The Bertz CT molecular complexity index is 744. The molecule has 0 aliphatic carbocycles. The molecule has 1 unspecified atom stereocenters. The van der Waals surface area contributed by atoms with Crippen molar-refractivity contribution in [3.05, 3.63) is 53.6 Å². The van der Waals surface area contributed by atoms with E-state index in [-0.39, 0.29) is 24.0 Å². The minimum Gasteiger partial charge on any atom is -0.493 e. The lowest BCUT2D eigenvalue weighted by Gasteiger charge is -2.18. The Balaban J connectivity index is 0.00000420. The van der Waals surface area contributed by atoms with Crippen LogP contribution in [0.15, 0.2) is 47.5 Å². The Hall–Kier alpha value is -2.16. The highest BCUT2D eigenvalue weighted by Crippen LogP contribution is 2.38. The van der Waals surface area contributed by atoms with E-state index in [4.69, 9.17) is 14.2 Å². The summed E-state index contributed by atoms with van der Waals surface area (Å²) in [5, 5.41) is 6.71. The number of nitrogens with zero attached hydrogens (tertiary/aromatic N) is 1. The summed E-state index contributed by atoms with van der Waals surface area (Å²) in [5.74, 6) is 3.05. The van der Waals surface area contributed by atoms with Crippen LogP contribution >= 0.6 is 24.0 Å². The fourth-order valence-electron chi connectivity index (χ4n) is 2.88. The fourth-order valence-corrected chi connectivity index (χ4v) is 2.88.